The molecule has 1 saturated heterocycles. The molecule has 1 atom stereocenters. The highest BCUT2D eigenvalue weighted by atomic mass is 35.5. The first kappa shape index (κ1) is 18.2. The molecule has 0 saturated carbocycles. The van der Waals surface area contributed by atoms with E-state index in [1.54, 1.807) is 12.1 Å². The number of carbonyl (C=O) groups is 1. The Kier molecular flexibility index (Phi) is 6.34. The van der Waals surface area contributed by atoms with Crippen molar-refractivity contribution in [1.29, 1.82) is 0 Å². The number of hydrogen-bond donors (Lipinski definition) is 0. The predicted octanol–water partition coefficient (Wildman–Crippen LogP) is 3.37. The Hall–Kier alpha value is -1.57. The molecule has 2 aromatic rings. The van der Waals surface area contributed by atoms with E-state index in [0.717, 1.165) is 31.7 Å². The first-order valence-electron chi connectivity index (χ1n) is 8.23. The van der Waals surface area contributed by atoms with E-state index >= 15 is 0 Å². The topological polar surface area (TPSA) is 68.5 Å². The minimum absolute atomic E-state index is 0.0747. The van der Waals surface area contributed by atoms with Crippen LogP contribution < -0.4 is 0 Å². The lowest BCUT2D eigenvalue weighted by molar-refractivity contribution is -0.128. The Labute approximate surface area is 155 Å². The largest absolute Gasteiger partial charge is 0.411 e. The number of halogens is 1. The monoisotopic (exact) mass is 381 g/mol. The molecule has 25 heavy (non-hydrogen) atoms. The van der Waals surface area contributed by atoms with Crippen molar-refractivity contribution in [1.82, 2.24) is 15.1 Å². The van der Waals surface area contributed by atoms with Gasteiger partial charge in [-0.3, -0.25) is 4.79 Å². The fourth-order valence-electron chi connectivity index (χ4n) is 2.64. The van der Waals surface area contributed by atoms with Crippen molar-refractivity contribution in [3.63, 3.8) is 0 Å². The lowest BCUT2D eigenvalue weighted by Crippen LogP contribution is -2.36. The maximum atomic E-state index is 12.4. The van der Waals surface area contributed by atoms with Gasteiger partial charge < -0.3 is 14.1 Å². The van der Waals surface area contributed by atoms with Crippen LogP contribution in [0, 0.1) is 5.92 Å². The van der Waals surface area contributed by atoms with Gasteiger partial charge in [0.05, 0.1) is 12.4 Å². The molecule has 8 heteroatoms. The van der Waals surface area contributed by atoms with Crippen molar-refractivity contribution in [3.05, 3.63) is 29.3 Å². The molecule has 0 radical (unpaired) electrons. The van der Waals surface area contributed by atoms with E-state index in [9.17, 15) is 4.79 Å². The van der Waals surface area contributed by atoms with E-state index in [-0.39, 0.29) is 11.7 Å². The van der Waals surface area contributed by atoms with Crippen LogP contribution >= 0.6 is 23.4 Å². The molecule has 1 amide bonds. The van der Waals surface area contributed by atoms with Crippen LogP contribution in [-0.4, -0.2) is 53.1 Å². The molecule has 0 N–H and O–H groups in total. The molecule has 0 bridgehead atoms. The normalized spacial score (nSPS) is 17.0. The second-order valence-corrected chi connectivity index (χ2v) is 7.19. The quantitative estimate of drug-likeness (QED) is 0.685. The molecule has 0 aliphatic carbocycles. The van der Waals surface area contributed by atoms with E-state index in [1.807, 2.05) is 24.0 Å². The summed E-state index contributed by atoms with van der Waals surface area (Å²) in [4.78, 5) is 14.3. The van der Waals surface area contributed by atoms with Crippen LogP contribution in [0.1, 0.15) is 13.3 Å². The van der Waals surface area contributed by atoms with Crippen molar-refractivity contribution in [3.8, 4) is 11.5 Å². The summed E-state index contributed by atoms with van der Waals surface area (Å²) in [6.07, 6.45) is 1.02. The van der Waals surface area contributed by atoms with Crippen molar-refractivity contribution < 1.29 is 13.9 Å². The van der Waals surface area contributed by atoms with Crippen molar-refractivity contribution in [2.24, 2.45) is 5.92 Å². The van der Waals surface area contributed by atoms with Crippen LogP contribution in [0.2, 0.25) is 5.02 Å². The van der Waals surface area contributed by atoms with Gasteiger partial charge in [0.1, 0.15) is 0 Å². The van der Waals surface area contributed by atoms with Crippen molar-refractivity contribution in [2.45, 2.75) is 18.6 Å². The molecule has 3 rings (SSSR count). The fraction of sp³-hybridized carbons (Fsp3) is 0.471. The van der Waals surface area contributed by atoms with Gasteiger partial charge in [0, 0.05) is 36.2 Å². The Morgan fingerprint density at radius 1 is 1.36 bits per heavy atom. The fourth-order valence-corrected chi connectivity index (χ4v) is 3.43. The van der Waals surface area contributed by atoms with E-state index in [1.165, 1.54) is 11.8 Å². The van der Waals surface area contributed by atoms with Gasteiger partial charge in [-0.25, -0.2) is 0 Å². The third-order valence-electron chi connectivity index (χ3n) is 4.05. The smallest absolute Gasteiger partial charge is 0.277 e. The van der Waals surface area contributed by atoms with Gasteiger partial charge >= 0.3 is 0 Å². The summed E-state index contributed by atoms with van der Waals surface area (Å²) < 4.78 is 11.0. The van der Waals surface area contributed by atoms with Crippen molar-refractivity contribution >= 4 is 29.3 Å². The van der Waals surface area contributed by atoms with Crippen LogP contribution in [0.25, 0.3) is 11.5 Å². The zero-order chi connectivity index (χ0) is 17.6. The predicted molar refractivity (Wildman–Crippen MR) is 96.6 cm³/mol. The van der Waals surface area contributed by atoms with E-state index < -0.39 is 0 Å². The molecule has 1 aromatic heterocycles. The van der Waals surface area contributed by atoms with Gasteiger partial charge in [-0.1, -0.05) is 23.4 Å². The minimum atomic E-state index is 0.0747. The zero-order valence-corrected chi connectivity index (χ0v) is 15.6. The average Bonchev–Trinajstić information content (AvgIpc) is 3.30. The molecule has 1 aliphatic heterocycles. The summed E-state index contributed by atoms with van der Waals surface area (Å²) >= 11 is 7.13. The van der Waals surface area contributed by atoms with Crippen LogP contribution in [0.5, 0.6) is 0 Å². The first-order valence-corrected chi connectivity index (χ1v) is 9.60. The Morgan fingerprint density at radius 3 is 2.84 bits per heavy atom. The molecule has 1 aromatic carbocycles. The number of carbonyl (C=O) groups excluding carboxylic acids is 1. The molecule has 134 valence electrons. The lowest BCUT2D eigenvalue weighted by Gasteiger charge is -2.23. The van der Waals surface area contributed by atoms with Crippen LogP contribution in [0.4, 0.5) is 0 Å². The van der Waals surface area contributed by atoms with Gasteiger partial charge in [-0.2, -0.15) is 0 Å². The maximum Gasteiger partial charge on any atom is 0.277 e. The Bertz CT molecular complexity index is 701. The molecule has 2 heterocycles. The number of aromatic nitrogens is 2. The van der Waals surface area contributed by atoms with E-state index in [2.05, 4.69) is 10.2 Å². The molecule has 0 spiro atoms. The first-order chi connectivity index (χ1) is 12.2. The van der Waals surface area contributed by atoms with Gasteiger partial charge in [0.25, 0.3) is 5.22 Å². The lowest BCUT2D eigenvalue weighted by atomic mass is 10.1. The number of rotatable bonds is 7. The minimum Gasteiger partial charge on any atom is -0.411 e. The molecular formula is C17H20ClN3O3S. The number of benzene rings is 1. The van der Waals surface area contributed by atoms with E-state index in [0.29, 0.717) is 28.6 Å². The van der Waals surface area contributed by atoms with Gasteiger partial charge in [0.15, 0.2) is 0 Å². The molecular weight excluding hydrogens is 362 g/mol. The molecule has 1 aliphatic rings. The summed E-state index contributed by atoms with van der Waals surface area (Å²) in [6, 6.07) is 7.17. The second kappa shape index (κ2) is 8.69. The highest BCUT2D eigenvalue weighted by Gasteiger charge is 2.22. The zero-order valence-electron chi connectivity index (χ0n) is 14.0. The highest BCUT2D eigenvalue weighted by Crippen LogP contribution is 2.24. The van der Waals surface area contributed by atoms with Crippen LogP contribution in [-0.2, 0) is 9.53 Å². The maximum absolute atomic E-state index is 12.4. The van der Waals surface area contributed by atoms with Gasteiger partial charge in [-0.05, 0) is 37.6 Å². The van der Waals surface area contributed by atoms with E-state index in [4.69, 9.17) is 20.8 Å². The third-order valence-corrected chi connectivity index (χ3v) is 5.11. The van der Waals surface area contributed by atoms with Gasteiger partial charge in [-0.15, -0.1) is 10.2 Å². The van der Waals surface area contributed by atoms with Gasteiger partial charge in [0.2, 0.25) is 11.8 Å². The summed E-state index contributed by atoms with van der Waals surface area (Å²) in [5.41, 5.74) is 0.798. The summed E-state index contributed by atoms with van der Waals surface area (Å²) in [5.74, 6) is 1.21. The number of thioether (sulfide) groups is 1. The standard InChI is InChI=1S/C17H20ClN3O3S/c1-2-21(9-12-7-8-23-10-12)15(22)11-25-17-20-19-16(24-17)13-3-5-14(18)6-4-13/h3-6,12H,2,7-11H2,1H3. The molecule has 1 unspecified atom stereocenters. The Balaban J connectivity index is 1.53. The van der Waals surface area contributed by atoms with Crippen LogP contribution in [0.3, 0.4) is 0 Å². The average molecular weight is 382 g/mol. The Morgan fingerprint density at radius 2 is 2.16 bits per heavy atom. The molecule has 6 nitrogen and oxygen atoms in total. The number of ether oxygens (including phenoxy) is 1. The molecule has 1 fully saturated rings. The summed E-state index contributed by atoms with van der Waals surface area (Å²) in [6.45, 7) is 4.96. The number of nitrogens with zero attached hydrogens (tertiary/aromatic N) is 3. The van der Waals surface area contributed by atoms with Crippen molar-refractivity contribution in [2.75, 3.05) is 32.1 Å². The number of hydrogen-bond acceptors (Lipinski definition) is 6. The summed E-state index contributed by atoms with van der Waals surface area (Å²) in [7, 11) is 0. The van der Waals surface area contributed by atoms with Crippen LogP contribution in [0.15, 0.2) is 33.9 Å². The highest BCUT2D eigenvalue weighted by molar-refractivity contribution is 7.99. The second-order valence-electron chi connectivity index (χ2n) is 5.83. The summed E-state index contributed by atoms with van der Waals surface area (Å²) in [5, 5.41) is 9.05. The number of amides is 1. The SMILES string of the molecule is CCN(CC1CCOC1)C(=O)CSc1nnc(-c2ccc(Cl)cc2)o1. The third kappa shape index (κ3) is 4.96.